The van der Waals surface area contributed by atoms with Crippen LogP contribution in [0.3, 0.4) is 0 Å². The van der Waals surface area contributed by atoms with Gasteiger partial charge < -0.3 is 4.90 Å². The number of aryl methyl sites for hydroxylation is 2. The molecule has 0 bridgehead atoms. The number of hydrogen-bond acceptors (Lipinski definition) is 1. The minimum atomic E-state index is -0.200. The van der Waals surface area contributed by atoms with Gasteiger partial charge in [0, 0.05) is 18.4 Å². The van der Waals surface area contributed by atoms with Crippen molar-refractivity contribution >= 4 is 11.4 Å². The van der Waals surface area contributed by atoms with Gasteiger partial charge in [0.05, 0.1) is 0 Å². The average molecular weight is 257 g/mol. The Kier molecular flexibility index (Phi) is 4.20. The molecule has 0 saturated carbocycles. The molecule has 2 rings (SSSR count). The first-order chi connectivity index (χ1) is 9.15. The van der Waals surface area contributed by atoms with Gasteiger partial charge in [0.1, 0.15) is 5.82 Å². The van der Waals surface area contributed by atoms with E-state index in [2.05, 4.69) is 36.9 Å². The molecule has 0 N–H and O–H groups in total. The molecule has 1 nitrogen and oxygen atoms in total. The van der Waals surface area contributed by atoms with Gasteiger partial charge in [0.15, 0.2) is 0 Å². The molecule has 0 aromatic heterocycles. The molecule has 2 aromatic carbocycles. The number of rotatable bonds is 4. The minimum Gasteiger partial charge on any atom is -0.344 e. The van der Waals surface area contributed by atoms with Gasteiger partial charge in [-0.25, -0.2) is 4.39 Å². The van der Waals surface area contributed by atoms with E-state index in [1.165, 1.54) is 28.9 Å². The van der Waals surface area contributed by atoms with E-state index in [9.17, 15) is 4.39 Å². The molecule has 0 saturated heterocycles. The van der Waals surface area contributed by atoms with E-state index in [1.807, 2.05) is 19.2 Å². The summed E-state index contributed by atoms with van der Waals surface area (Å²) in [5.41, 5.74) is 4.87. The molecule has 100 valence electrons. The summed E-state index contributed by atoms with van der Waals surface area (Å²) in [6, 6.07) is 13.2. The van der Waals surface area contributed by atoms with E-state index in [0.717, 1.165) is 18.5 Å². The lowest BCUT2D eigenvalue weighted by Gasteiger charge is -2.23. The molecule has 0 amide bonds. The fraction of sp³-hybridized carbons (Fsp3) is 0.294. The van der Waals surface area contributed by atoms with Crippen LogP contribution in [0.5, 0.6) is 0 Å². The highest BCUT2D eigenvalue weighted by Crippen LogP contribution is 2.28. The summed E-state index contributed by atoms with van der Waals surface area (Å²) in [5, 5.41) is 0. The lowest BCUT2D eigenvalue weighted by Crippen LogP contribution is -2.11. The normalized spacial score (nSPS) is 10.5. The topological polar surface area (TPSA) is 3.24 Å². The van der Waals surface area contributed by atoms with Crippen molar-refractivity contribution in [2.75, 3.05) is 11.9 Å². The van der Waals surface area contributed by atoms with Crippen LogP contribution < -0.4 is 4.90 Å². The molecule has 0 fully saturated rings. The van der Waals surface area contributed by atoms with E-state index in [0.29, 0.717) is 0 Å². The molecule has 0 aliphatic carbocycles. The summed E-state index contributed by atoms with van der Waals surface area (Å²) in [6.45, 7) is 4.33. The Bertz CT molecular complexity index is 546. The molecule has 0 unspecified atom stereocenters. The minimum absolute atomic E-state index is 0.200. The molecule has 0 atom stereocenters. The summed E-state index contributed by atoms with van der Waals surface area (Å²) in [7, 11) is 2.02. The van der Waals surface area contributed by atoms with Gasteiger partial charge in [0.2, 0.25) is 0 Å². The van der Waals surface area contributed by atoms with Crippen LogP contribution in [-0.4, -0.2) is 7.05 Å². The van der Waals surface area contributed by atoms with Crippen LogP contribution in [0, 0.1) is 5.82 Å². The summed E-state index contributed by atoms with van der Waals surface area (Å²) in [4.78, 5) is 2.11. The molecule has 2 aromatic rings. The van der Waals surface area contributed by atoms with E-state index in [-0.39, 0.29) is 5.82 Å². The average Bonchev–Trinajstić information content (AvgIpc) is 2.46. The summed E-state index contributed by atoms with van der Waals surface area (Å²) in [6.07, 6.45) is 2.04. The molecule has 2 heteroatoms. The lowest BCUT2D eigenvalue weighted by atomic mass is 10.0. The molecule has 0 radical (unpaired) electrons. The van der Waals surface area contributed by atoms with Crippen molar-refractivity contribution in [3.8, 4) is 0 Å². The predicted molar refractivity (Wildman–Crippen MR) is 79.7 cm³/mol. The zero-order valence-corrected chi connectivity index (χ0v) is 11.8. The Balaban J connectivity index is 2.37. The van der Waals surface area contributed by atoms with Crippen molar-refractivity contribution in [2.45, 2.75) is 26.7 Å². The zero-order valence-electron chi connectivity index (χ0n) is 11.8. The smallest absolute Gasteiger partial charge is 0.123 e. The van der Waals surface area contributed by atoms with E-state index >= 15 is 0 Å². The highest BCUT2D eigenvalue weighted by Gasteiger charge is 2.09. The lowest BCUT2D eigenvalue weighted by molar-refractivity contribution is 0.628. The SMILES string of the molecule is CCc1ccc(N(C)c2ccc(F)cc2)c(CC)c1. The number of nitrogens with zero attached hydrogens (tertiary/aromatic N) is 1. The largest absolute Gasteiger partial charge is 0.344 e. The molecule has 0 aliphatic rings. The van der Waals surface area contributed by atoms with E-state index in [4.69, 9.17) is 0 Å². The number of halogens is 1. The van der Waals surface area contributed by atoms with Crippen LogP contribution >= 0.6 is 0 Å². The van der Waals surface area contributed by atoms with Crippen LogP contribution in [0.1, 0.15) is 25.0 Å². The van der Waals surface area contributed by atoms with Gasteiger partial charge >= 0.3 is 0 Å². The third kappa shape index (κ3) is 2.95. The number of hydrogen-bond donors (Lipinski definition) is 0. The number of anilines is 2. The van der Waals surface area contributed by atoms with E-state index < -0.39 is 0 Å². The summed E-state index contributed by atoms with van der Waals surface area (Å²) < 4.78 is 13.0. The van der Waals surface area contributed by atoms with Crippen molar-refractivity contribution in [1.29, 1.82) is 0 Å². The molecule has 19 heavy (non-hydrogen) atoms. The monoisotopic (exact) mass is 257 g/mol. The van der Waals surface area contributed by atoms with Crippen LogP contribution in [0.4, 0.5) is 15.8 Å². The van der Waals surface area contributed by atoms with Crippen molar-refractivity contribution in [3.05, 3.63) is 59.4 Å². The highest BCUT2D eigenvalue weighted by molar-refractivity contribution is 5.66. The molecular formula is C17H20FN. The first-order valence-corrected chi connectivity index (χ1v) is 6.76. The van der Waals surface area contributed by atoms with Gasteiger partial charge in [-0.05, 0) is 54.3 Å². The summed E-state index contributed by atoms with van der Waals surface area (Å²) >= 11 is 0. The van der Waals surface area contributed by atoms with Gasteiger partial charge in [-0.2, -0.15) is 0 Å². The van der Waals surface area contributed by atoms with Gasteiger partial charge in [-0.1, -0.05) is 26.0 Å². The second kappa shape index (κ2) is 5.87. The van der Waals surface area contributed by atoms with Crippen LogP contribution in [0.25, 0.3) is 0 Å². The zero-order chi connectivity index (χ0) is 13.8. The van der Waals surface area contributed by atoms with Crippen LogP contribution in [0.15, 0.2) is 42.5 Å². The predicted octanol–water partition coefficient (Wildman–Crippen LogP) is 4.72. The van der Waals surface area contributed by atoms with Crippen LogP contribution in [-0.2, 0) is 12.8 Å². The Hall–Kier alpha value is -1.83. The Morgan fingerprint density at radius 1 is 0.947 bits per heavy atom. The maximum Gasteiger partial charge on any atom is 0.123 e. The first kappa shape index (κ1) is 13.6. The van der Waals surface area contributed by atoms with Crippen LogP contribution in [0.2, 0.25) is 0 Å². The highest BCUT2D eigenvalue weighted by atomic mass is 19.1. The molecule has 0 aliphatic heterocycles. The fourth-order valence-electron chi connectivity index (χ4n) is 2.27. The second-order valence-electron chi connectivity index (χ2n) is 4.71. The maximum absolute atomic E-state index is 13.0. The van der Waals surface area contributed by atoms with Crippen molar-refractivity contribution in [1.82, 2.24) is 0 Å². The van der Waals surface area contributed by atoms with Crippen molar-refractivity contribution < 1.29 is 4.39 Å². The summed E-state index contributed by atoms with van der Waals surface area (Å²) in [5.74, 6) is -0.200. The standard InChI is InChI=1S/C17H20FN/c1-4-13-6-11-17(14(5-2)12-13)19(3)16-9-7-15(18)8-10-16/h6-12H,4-5H2,1-3H3. The van der Waals surface area contributed by atoms with Gasteiger partial charge in [-0.3, -0.25) is 0 Å². The fourth-order valence-corrected chi connectivity index (χ4v) is 2.27. The number of benzene rings is 2. The maximum atomic E-state index is 13.0. The third-order valence-electron chi connectivity index (χ3n) is 3.51. The van der Waals surface area contributed by atoms with Crippen molar-refractivity contribution in [3.63, 3.8) is 0 Å². The quantitative estimate of drug-likeness (QED) is 0.766. The first-order valence-electron chi connectivity index (χ1n) is 6.76. The second-order valence-corrected chi connectivity index (χ2v) is 4.71. The Labute approximate surface area is 114 Å². The Morgan fingerprint density at radius 2 is 1.63 bits per heavy atom. The third-order valence-corrected chi connectivity index (χ3v) is 3.51. The van der Waals surface area contributed by atoms with Gasteiger partial charge in [0.25, 0.3) is 0 Å². The van der Waals surface area contributed by atoms with E-state index in [1.54, 1.807) is 0 Å². The Morgan fingerprint density at radius 3 is 2.21 bits per heavy atom. The molecule has 0 heterocycles. The van der Waals surface area contributed by atoms with Crippen molar-refractivity contribution in [2.24, 2.45) is 0 Å². The van der Waals surface area contributed by atoms with Gasteiger partial charge in [-0.15, -0.1) is 0 Å². The molecular weight excluding hydrogens is 237 g/mol. The molecule has 0 spiro atoms.